The molecule has 2 rings (SSSR count). The van der Waals surface area contributed by atoms with Gasteiger partial charge in [-0.15, -0.1) is 0 Å². The van der Waals surface area contributed by atoms with E-state index < -0.39 is 0 Å². The number of carbonyl (C=O) groups is 1. The van der Waals surface area contributed by atoms with E-state index in [0.717, 1.165) is 15.7 Å². The van der Waals surface area contributed by atoms with Crippen LogP contribution >= 0.6 is 15.9 Å². The average molecular weight is 227 g/mol. The minimum atomic E-state index is -0.138. The summed E-state index contributed by atoms with van der Waals surface area (Å²) in [5.74, 6) is 0. The molecule has 0 aromatic heterocycles. The van der Waals surface area contributed by atoms with Gasteiger partial charge in [0, 0.05) is 16.7 Å². The smallest absolute Gasteiger partial charge is 0.319 e. The molecule has 2 amide bonds. The van der Waals surface area contributed by atoms with Crippen molar-refractivity contribution in [1.29, 1.82) is 0 Å². The summed E-state index contributed by atoms with van der Waals surface area (Å²) in [5, 5.41) is 5.41. The minimum Gasteiger partial charge on any atom is -0.334 e. The van der Waals surface area contributed by atoms with Gasteiger partial charge in [0.1, 0.15) is 0 Å². The number of fused-ring (bicyclic) bond motifs is 1. The number of urea groups is 1. The first-order chi connectivity index (χ1) is 5.75. The van der Waals surface area contributed by atoms with Crippen molar-refractivity contribution in [1.82, 2.24) is 5.32 Å². The molecule has 0 radical (unpaired) electrons. The van der Waals surface area contributed by atoms with Gasteiger partial charge in [0.15, 0.2) is 0 Å². The Kier molecular flexibility index (Phi) is 1.77. The zero-order valence-electron chi connectivity index (χ0n) is 6.23. The molecule has 12 heavy (non-hydrogen) atoms. The van der Waals surface area contributed by atoms with Gasteiger partial charge in [-0.3, -0.25) is 0 Å². The molecule has 2 N–H and O–H groups in total. The number of carbonyl (C=O) groups excluding carboxylic acids is 1. The van der Waals surface area contributed by atoms with Crippen LogP contribution in [-0.4, -0.2) is 6.03 Å². The second-order valence-electron chi connectivity index (χ2n) is 2.61. The Labute approximate surface area is 78.3 Å². The molecule has 0 saturated heterocycles. The predicted molar refractivity (Wildman–Crippen MR) is 50.0 cm³/mol. The van der Waals surface area contributed by atoms with Gasteiger partial charge in [0.05, 0.1) is 0 Å². The molecule has 3 nitrogen and oxygen atoms in total. The van der Waals surface area contributed by atoms with Gasteiger partial charge >= 0.3 is 6.03 Å². The second kappa shape index (κ2) is 2.79. The topological polar surface area (TPSA) is 41.1 Å². The summed E-state index contributed by atoms with van der Waals surface area (Å²) >= 11 is 3.34. The number of nitrogens with one attached hydrogen (secondary N) is 2. The SMILES string of the molecule is O=C1NCc2ccc(Br)cc2N1. The summed E-state index contributed by atoms with van der Waals surface area (Å²) in [5.41, 5.74) is 1.99. The quantitative estimate of drug-likeness (QED) is 0.699. The molecule has 62 valence electrons. The molecule has 1 aromatic carbocycles. The van der Waals surface area contributed by atoms with E-state index in [4.69, 9.17) is 0 Å². The van der Waals surface area contributed by atoms with Crippen molar-refractivity contribution >= 4 is 27.6 Å². The summed E-state index contributed by atoms with van der Waals surface area (Å²) < 4.78 is 0.975. The molecule has 4 heteroatoms. The first kappa shape index (κ1) is 7.61. The lowest BCUT2D eigenvalue weighted by molar-refractivity contribution is 0.251. The van der Waals surface area contributed by atoms with Crippen LogP contribution in [0.5, 0.6) is 0 Å². The summed E-state index contributed by atoms with van der Waals surface area (Å²) in [6, 6.07) is 5.69. The summed E-state index contributed by atoms with van der Waals surface area (Å²) in [7, 11) is 0. The Morgan fingerprint density at radius 2 is 2.25 bits per heavy atom. The Morgan fingerprint density at radius 3 is 3.08 bits per heavy atom. The third-order valence-corrected chi connectivity index (χ3v) is 2.25. The van der Waals surface area contributed by atoms with Gasteiger partial charge < -0.3 is 10.6 Å². The number of hydrogen-bond acceptors (Lipinski definition) is 1. The predicted octanol–water partition coefficient (Wildman–Crippen LogP) is 2.08. The first-order valence-electron chi connectivity index (χ1n) is 3.59. The van der Waals surface area contributed by atoms with Gasteiger partial charge in [0.25, 0.3) is 0 Å². The second-order valence-corrected chi connectivity index (χ2v) is 3.52. The van der Waals surface area contributed by atoms with Crippen molar-refractivity contribution in [3.63, 3.8) is 0 Å². The van der Waals surface area contributed by atoms with E-state index in [2.05, 4.69) is 26.6 Å². The monoisotopic (exact) mass is 226 g/mol. The Bertz CT molecular complexity index is 338. The van der Waals surface area contributed by atoms with E-state index in [1.807, 2.05) is 18.2 Å². The molecule has 1 aliphatic heterocycles. The van der Waals surface area contributed by atoms with Gasteiger partial charge in [-0.25, -0.2) is 4.79 Å². The molecule has 1 aromatic rings. The minimum absolute atomic E-state index is 0.138. The third-order valence-electron chi connectivity index (χ3n) is 1.76. The van der Waals surface area contributed by atoms with Crippen molar-refractivity contribution in [3.05, 3.63) is 28.2 Å². The lowest BCUT2D eigenvalue weighted by atomic mass is 10.1. The fourth-order valence-corrected chi connectivity index (χ4v) is 1.52. The van der Waals surface area contributed by atoms with Crippen LogP contribution in [0.3, 0.4) is 0 Å². The van der Waals surface area contributed by atoms with Crippen molar-refractivity contribution in [2.75, 3.05) is 5.32 Å². The van der Waals surface area contributed by atoms with Crippen LogP contribution in [0.15, 0.2) is 22.7 Å². The molecule has 1 heterocycles. The fraction of sp³-hybridized carbons (Fsp3) is 0.125. The Morgan fingerprint density at radius 1 is 1.42 bits per heavy atom. The molecule has 0 aliphatic carbocycles. The zero-order chi connectivity index (χ0) is 8.55. The number of benzene rings is 1. The van der Waals surface area contributed by atoms with E-state index in [1.54, 1.807) is 0 Å². The van der Waals surface area contributed by atoms with Crippen molar-refractivity contribution < 1.29 is 4.79 Å². The van der Waals surface area contributed by atoms with Crippen LogP contribution in [0, 0.1) is 0 Å². The number of halogens is 1. The highest BCUT2D eigenvalue weighted by atomic mass is 79.9. The van der Waals surface area contributed by atoms with Crippen LogP contribution in [0.25, 0.3) is 0 Å². The lowest BCUT2D eigenvalue weighted by Crippen LogP contribution is -2.33. The van der Waals surface area contributed by atoms with Gasteiger partial charge in [-0.2, -0.15) is 0 Å². The van der Waals surface area contributed by atoms with Crippen molar-refractivity contribution in [2.45, 2.75) is 6.54 Å². The summed E-state index contributed by atoms with van der Waals surface area (Å²) in [4.78, 5) is 10.9. The van der Waals surface area contributed by atoms with E-state index in [1.165, 1.54) is 0 Å². The molecular formula is C8H7BrN2O. The maximum atomic E-state index is 10.9. The number of hydrogen-bond donors (Lipinski definition) is 2. The highest BCUT2D eigenvalue weighted by Crippen LogP contribution is 2.23. The maximum absolute atomic E-state index is 10.9. The fourth-order valence-electron chi connectivity index (χ4n) is 1.16. The van der Waals surface area contributed by atoms with Crippen molar-refractivity contribution in [3.8, 4) is 0 Å². The standard InChI is InChI=1S/C8H7BrN2O/c9-6-2-1-5-4-10-8(12)11-7(5)3-6/h1-3H,4H2,(H2,10,11,12). The zero-order valence-corrected chi connectivity index (χ0v) is 7.81. The van der Waals surface area contributed by atoms with Gasteiger partial charge in [-0.1, -0.05) is 22.0 Å². The third kappa shape index (κ3) is 1.30. The van der Waals surface area contributed by atoms with Crippen LogP contribution in [0.4, 0.5) is 10.5 Å². The van der Waals surface area contributed by atoms with Crippen LogP contribution in [0.1, 0.15) is 5.56 Å². The number of anilines is 1. The maximum Gasteiger partial charge on any atom is 0.319 e. The van der Waals surface area contributed by atoms with E-state index in [-0.39, 0.29) is 6.03 Å². The van der Waals surface area contributed by atoms with E-state index in [9.17, 15) is 4.79 Å². The van der Waals surface area contributed by atoms with Crippen LogP contribution in [-0.2, 0) is 6.54 Å². The molecule has 0 fully saturated rings. The summed E-state index contributed by atoms with van der Waals surface area (Å²) in [6.45, 7) is 0.606. The molecule has 0 spiro atoms. The molecular weight excluding hydrogens is 220 g/mol. The first-order valence-corrected chi connectivity index (χ1v) is 4.38. The Hall–Kier alpha value is -1.03. The van der Waals surface area contributed by atoms with Crippen LogP contribution in [0.2, 0.25) is 0 Å². The largest absolute Gasteiger partial charge is 0.334 e. The van der Waals surface area contributed by atoms with E-state index in [0.29, 0.717) is 6.54 Å². The molecule has 0 unspecified atom stereocenters. The molecule has 1 aliphatic rings. The highest BCUT2D eigenvalue weighted by molar-refractivity contribution is 9.10. The summed E-state index contributed by atoms with van der Waals surface area (Å²) in [6.07, 6.45) is 0. The number of rotatable bonds is 0. The molecule has 0 bridgehead atoms. The van der Waals surface area contributed by atoms with Gasteiger partial charge in [0.2, 0.25) is 0 Å². The average Bonchev–Trinajstić information content (AvgIpc) is 2.03. The number of amides is 2. The Balaban J connectivity index is 2.44. The molecule has 0 saturated carbocycles. The highest BCUT2D eigenvalue weighted by Gasteiger charge is 2.12. The van der Waals surface area contributed by atoms with E-state index >= 15 is 0 Å². The van der Waals surface area contributed by atoms with Crippen molar-refractivity contribution in [2.24, 2.45) is 0 Å². The molecule has 0 atom stereocenters. The normalized spacial score (nSPS) is 14.6. The van der Waals surface area contributed by atoms with Gasteiger partial charge in [-0.05, 0) is 17.7 Å². The lowest BCUT2D eigenvalue weighted by Gasteiger charge is -2.17. The van der Waals surface area contributed by atoms with Crippen LogP contribution < -0.4 is 10.6 Å².